The van der Waals surface area contributed by atoms with Gasteiger partial charge in [-0.25, -0.2) is 0 Å². The molecule has 1 saturated heterocycles. The highest BCUT2D eigenvalue weighted by Crippen LogP contribution is 2.31. The predicted octanol–water partition coefficient (Wildman–Crippen LogP) is -0.403. The van der Waals surface area contributed by atoms with Gasteiger partial charge in [0.2, 0.25) is 11.8 Å². The van der Waals surface area contributed by atoms with Crippen LogP contribution in [0, 0.1) is 5.41 Å². The Hall–Kier alpha value is -1.14. The fourth-order valence-corrected chi connectivity index (χ4v) is 2.42. The molecule has 2 N–H and O–H groups in total. The molecule has 1 aliphatic rings. The maximum Gasteiger partial charge on any atom is 0.239 e. The number of nitrogens with zero attached hydrogens (tertiary/aromatic N) is 1. The zero-order chi connectivity index (χ0) is 14.3. The summed E-state index contributed by atoms with van der Waals surface area (Å²) < 4.78 is 4.86. The van der Waals surface area contributed by atoms with E-state index in [0.29, 0.717) is 19.7 Å². The van der Waals surface area contributed by atoms with Gasteiger partial charge in [0.05, 0.1) is 18.6 Å². The second kappa shape index (κ2) is 7.45. The molecule has 0 aromatic heterocycles. The highest BCUT2D eigenvalue weighted by atomic mass is 16.5. The van der Waals surface area contributed by atoms with E-state index >= 15 is 0 Å². The van der Waals surface area contributed by atoms with Crippen molar-refractivity contribution >= 4 is 11.8 Å². The molecule has 0 bridgehead atoms. The van der Waals surface area contributed by atoms with Crippen molar-refractivity contribution < 1.29 is 14.3 Å². The molecule has 0 aliphatic carbocycles. The monoisotopic (exact) mass is 271 g/mol. The largest absolute Gasteiger partial charge is 0.383 e. The Kier molecular flexibility index (Phi) is 6.24. The molecule has 1 heterocycles. The van der Waals surface area contributed by atoms with Gasteiger partial charge in [-0.3, -0.25) is 9.59 Å². The molecule has 0 radical (unpaired) electrons. The third-order valence-corrected chi connectivity index (χ3v) is 3.73. The van der Waals surface area contributed by atoms with Crippen molar-refractivity contribution in [2.24, 2.45) is 5.41 Å². The van der Waals surface area contributed by atoms with E-state index in [1.165, 1.54) is 4.90 Å². The quantitative estimate of drug-likeness (QED) is 0.618. The lowest BCUT2D eigenvalue weighted by Gasteiger charge is -2.30. The molecular formula is C13H25N3O3. The molecule has 1 fully saturated rings. The Labute approximate surface area is 114 Å². The zero-order valence-corrected chi connectivity index (χ0v) is 12.1. The Balaban J connectivity index is 2.45. The van der Waals surface area contributed by atoms with Crippen LogP contribution in [0.2, 0.25) is 0 Å². The first-order valence-corrected chi connectivity index (χ1v) is 6.77. The average Bonchev–Trinajstić information content (AvgIpc) is 2.88. The summed E-state index contributed by atoms with van der Waals surface area (Å²) in [6.45, 7) is 4.65. The number of likely N-dealkylation sites (N-methyl/N-ethyl adjacent to an activating group) is 1. The molecular weight excluding hydrogens is 246 g/mol. The first kappa shape index (κ1) is 15.9. The van der Waals surface area contributed by atoms with E-state index < -0.39 is 0 Å². The van der Waals surface area contributed by atoms with Gasteiger partial charge in [0.25, 0.3) is 0 Å². The summed E-state index contributed by atoms with van der Waals surface area (Å²) in [4.78, 5) is 25.6. The number of carbonyl (C=O) groups excluding carboxylic acids is 2. The molecule has 1 aliphatic heterocycles. The number of rotatable bonds is 7. The molecule has 6 heteroatoms. The summed E-state index contributed by atoms with van der Waals surface area (Å²) in [7, 11) is 3.27. The van der Waals surface area contributed by atoms with Crippen molar-refractivity contribution in [2.45, 2.75) is 19.8 Å². The summed E-state index contributed by atoms with van der Waals surface area (Å²) in [6.07, 6.45) is 1.65. The van der Waals surface area contributed by atoms with Gasteiger partial charge in [0, 0.05) is 27.2 Å². The Bertz CT molecular complexity index is 314. The molecule has 0 spiro atoms. The van der Waals surface area contributed by atoms with Crippen molar-refractivity contribution in [2.75, 3.05) is 46.9 Å². The van der Waals surface area contributed by atoms with Crippen LogP contribution >= 0.6 is 0 Å². The minimum absolute atomic E-state index is 0.0573. The standard InChI is InChI=1S/C13H25N3O3/c1-4-13(5-6-14-10-13)12(18)16(2)9-11(17)15-7-8-19-3/h14H,4-10H2,1-3H3,(H,15,17). The van der Waals surface area contributed by atoms with Gasteiger partial charge in [0.15, 0.2) is 0 Å². The van der Waals surface area contributed by atoms with Crippen molar-refractivity contribution in [1.82, 2.24) is 15.5 Å². The maximum atomic E-state index is 12.4. The van der Waals surface area contributed by atoms with Crippen LogP contribution in [0.25, 0.3) is 0 Å². The molecule has 1 rings (SSSR count). The molecule has 0 aromatic carbocycles. The number of ether oxygens (including phenoxy) is 1. The number of hydrogen-bond donors (Lipinski definition) is 2. The van der Waals surface area contributed by atoms with Crippen LogP contribution in [0.4, 0.5) is 0 Å². The fraction of sp³-hybridized carbons (Fsp3) is 0.846. The highest BCUT2D eigenvalue weighted by Gasteiger charge is 2.41. The summed E-state index contributed by atoms with van der Waals surface area (Å²) in [5, 5.41) is 5.95. The fourth-order valence-electron chi connectivity index (χ4n) is 2.42. The lowest BCUT2D eigenvalue weighted by atomic mass is 9.83. The van der Waals surface area contributed by atoms with Gasteiger partial charge in [-0.15, -0.1) is 0 Å². The van der Waals surface area contributed by atoms with Gasteiger partial charge in [0.1, 0.15) is 0 Å². The van der Waals surface area contributed by atoms with E-state index in [0.717, 1.165) is 19.4 Å². The summed E-state index contributed by atoms with van der Waals surface area (Å²) in [5.74, 6) is -0.0907. The molecule has 1 atom stereocenters. The minimum atomic E-state index is -0.332. The topological polar surface area (TPSA) is 70.7 Å². The van der Waals surface area contributed by atoms with Crippen molar-refractivity contribution in [3.05, 3.63) is 0 Å². The summed E-state index contributed by atoms with van der Waals surface area (Å²) in [5.41, 5.74) is -0.332. The normalized spacial score (nSPS) is 22.3. The van der Waals surface area contributed by atoms with E-state index in [2.05, 4.69) is 10.6 Å². The molecule has 1 unspecified atom stereocenters. The van der Waals surface area contributed by atoms with E-state index in [9.17, 15) is 9.59 Å². The minimum Gasteiger partial charge on any atom is -0.383 e. The molecule has 2 amide bonds. The first-order chi connectivity index (χ1) is 9.05. The van der Waals surface area contributed by atoms with Crippen molar-refractivity contribution in [3.63, 3.8) is 0 Å². The number of hydrogen-bond acceptors (Lipinski definition) is 4. The van der Waals surface area contributed by atoms with Gasteiger partial charge in [-0.1, -0.05) is 6.92 Å². The van der Waals surface area contributed by atoms with Crippen LogP contribution in [0.15, 0.2) is 0 Å². The molecule has 110 valence electrons. The predicted molar refractivity (Wildman–Crippen MR) is 72.7 cm³/mol. The van der Waals surface area contributed by atoms with Crippen LogP contribution in [-0.2, 0) is 14.3 Å². The van der Waals surface area contributed by atoms with E-state index in [4.69, 9.17) is 4.74 Å². The van der Waals surface area contributed by atoms with Crippen LogP contribution in [-0.4, -0.2) is 63.7 Å². The van der Waals surface area contributed by atoms with Crippen LogP contribution in [0.3, 0.4) is 0 Å². The Morgan fingerprint density at radius 2 is 2.21 bits per heavy atom. The van der Waals surface area contributed by atoms with Crippen molar-refractivity contribution in [1.29, 1.82) is 0 Å². The molecule has 0 saturated carbocycles. The number of carbonyl (C=O) groups is 2. The highest BCUT2D eigenvalue weighted by molar-refractivity contribution is 5.88. The molecule has 19 heavy (non-hydrogen) atoms. The van der Waals surface area contributed by atoms with Gasteiger partial charge < -0.3 is 20.3 Å². The van der Waals surface area contributed by atoms with Gasteiger partial charge in [-0.05, 0) is 19.4 Å². The van der Waals surface area contributed by atoms with Gasteiger partial charge in [-0.2, -0.15) is 0 Å². The third kappa shape index (κ3) is 4.18. The third-order valence-electron chi connectivity index (χ3n) is 3.73. The number of methoxy groups -OCH3 is 1. The zero-order valence-electron chi connectivity index (χ0n) is 12.1. The smallest absolute Gasteiger partial charge is 0.239 e. The van der Waals surface area contributed by atoms with E-state index in [1.54, 1.807) is 14.2 Å². The molecule has 0 aromatic rings. The Morgan fingerprint density at radius 1 is 1.47 bits per heavy atom. The van der Waals surface area contributed by atoms with E-state index in [1.807, 2.05) is 6.92 Å². The number of amides is 2. The first-order valence-electron chi connectivity index (χ1n) is 6.77. The lowest BCUT2D eigenvalue weighted by molar-refractivity contribution is -0.142. The van der Waals surface area contributed by atoms with E-state index in [-0.39, 0.29) is 23.8 Å². The van der Waals surface area contributed by atoms with Crippen molar-refractivity contribution in [3.8, 4) is 0 Å². The van der Waals surface area contributed by atoms with Crippen LogP contribution < -0.4 is 10.6 Å². The molecule has 6 nitrogen and oxygen atoms in total. The van der Waals surface area contributed by atoms with Crippen LogP contribution in [0.1, 0.15) is 19.8 Å². The summed E-state index contributed by atoms with van der Waals surface area (Å²) in [6, 6.07) is 0. The lowest BCUT2D eigenvalue weighted by Crippen LogP contribution is -2.47. The average molecular weight is 271 g/mol. The second-order valence-electron chi connectivity index (χ2n) is 5.06. The Morgan fingerprint density at radius 3 is 2.74 bits per heavy atom. The SMILES string of the molecule is CCC1(C(=O)N(C)CC(=O)NCCOC)CCNC1. The number of nitrogens with one attached hydrogen (secondary N) is 2. The van der Waals surface area contributed by atoms with Gasteiger partial charge >= 0.3 is 0 Å². The maximum absolute atomic E-state index is 12.4. The second-order valence-corrected chi connectivity index (χ2v) is 5.06. The van der Waals surface area contributed by atoms with Crippen LogP contribution in [0.5, 0.6) is 0 Å². The summed E-state index contributed by atoms with van der Waals surface area (Å²) >= 11 is 0.